The van der Waals surface area contributed by atoms with Gasteiger partial charge in [-0.25, -0.2) is 0 Å². The number of amides is 2. The second-order valence-corrected chi connectivity index (χ2v) is 9.15. The molecule has 2 aromatic rings. The summed E-state index contributed by atoms with van der Waals surface area (Å²) in [5.74, 6) is 0.127. The maximum absolute atomic E-state index is 12.8. The number of aromatic nitrogens is 1. The van der Waals surface area contributed by atoms with Crippen molar-refractivity contribution < 1.29 is 14.3 Å². The number of carbonyl (C=O) groups excluding carboxylic acids is 2. The molecular weight excluding hydrogens is 374 g/mol. The van der Waals surface area contributed by atoms with Gasteiger partial charge in [-0.3, -0.25) is 9.59 Å². The molecule has 0 aromatic carbocycles. The van der Waals surface area contributed by atoms with E-state index in [2.05, 4.69) is 11.4 Å². The van der Waals surface area contributed by atoms with Crippen molar-refractivity contribution in [2.75, 3.05) is 19.7 Å². The fraction of sp³-hybridized carbons (Fsp3) is 0.524. The van der Waals surface area contributed by atoms with E-state index in [-0.39, 0.29) is 17.4 Å². The van der Waals surface area contributed by atoms with E-state index in [1.807, 2.05) is 34.8 Å². The van der Waals surface area contributed by atoms with Crippen LogP contribution in [0.5, 0.6) is 0 Å². The van der Waals surface area contributed by atoms with Crippen molar-refractivity contribution in [3.05, 3.63) is 45.4 Å². The van der Waals surface area contributed by atoms with Gasteiger partial charge in [0.15, 0.2) is 0 Å². The standard InChI is InChI=1S/C21H25N3O3S/c1-23-9-2-3-16(23)20(26)24-10-7-21(8-11-24)18-14(6-12-27-21)13-17(28-18)19(25)22-15-4-5-15/h2-3,9,13,15H,4-8,10-12H2,1H3,(H,22,25). The number of ether oxygens (including phenoxy) is 1. The first-order valence-corrected chi connectivity index (χ1v) is 10.9. The van der Waals surface area contributed by atoms with Crippen molar-refractivity contribution in [1.82, 2.24) is 14.8 Å². The molecule has 2 fully saturated rings. The quantitative estimate of drug-likeness (QED) is 0.863. The first-order valence-electron chi connectivity index (χ1n) is 10.0. The molecule has 1 saturated heterocycles. The lowest BCUT2D eigenvalue weighted by Crippen LogP contribution is -2.48. The van der Waals surface area contributed by atoms with E-state index in [0.717, 1.165) is 42.7 Å². The van der Waals surface area contributed by atoms with Crippen LogP contribution in [0.25, 0.3) is 0 Å². The largest absolute Gasteiger partial charge is 0.369 e. The molecule has 1 aliphatic carbocycles. The molecule has 1 spiro atoms. The molecule has 2 amide bonds. The van der Waals surface area contributed by atoms with Gasteiger partial charge in [-0.2, -0.15) is 0 Å². The summed E-state index contributed by atoms with van der Waals surface area (Å²) in [5, 5.41) is 3.09. The maximum atomic E-state index is 12.8. The molecule has 2 aromatic heterocycles. The molecule has 0 bridgehead atoms. The smallest absolute Gasteiger partial charge is 0.270 e. The van der Waals surface area contributed by atoms with Gasteiger partial charge in [0.1, 0.15) is 11.3 Å². The minimum absolute atomic E-state index is 0.0494. The average molecular weight is 400 g/mol. The number of fused-ring (bicyclic) bond motifs is 2. The second-order valence-electron chi connectivity index (χ2n) is 8.10. The molecule has 1 saturated carbocycles. The zero-order valence-electron chi connectivity index (χ0n) is 16.1. The number of carbonyl (C=O) groups is 2. The number of rotatable bonds is 3. The van der Waals surface area contributed by atoms with Gasteiger partial charge in [0.05, 0.1) is 11.5 Å². The van der Waals surface area contributed by atoms with Crippen molar-refractivity contribution in [1.29, 1.82) is 0 Å². The highest BCUT2D eigenvalue weighted by molar-refractivity contribution is 7.14. The number of thiophene rings is 1. The topological polar surface area (TPSA) is 63.6 Å². The van der Waals surface area contributed by atoms with Crippen LogP contribution in [0.4, 0.5) is 0 Å². The summed E-state index contributed by atoms with van der Waals surface area (Å²) in [6, 6.07) is 6.19. The Balaban J connectivity index is 1.33. The summed E-state index contributed by atoms with van der Waals surface area (Å²) in [6.07, 6.45) is 6.50. The number of likely N-dealkylation sites (tertiary alicyclic amines) is 1. The predicted octanol–water partition coefficient (Wildman–Crippen LogP) is 2.68. The number of piperidine rings is 1. The Kier molecular flexibility index (Phi) is 4.32. The van der Waals surface area contributed by atoms with E-state index in [1.54, 1.807) is 11.3 Å². The molecular formula is C21H25N3O3S. The van der Waals surface area contributed by atoms with Gasteiger partial charge in [0.2, 0.25) is 0 Å². The van der Waals surface area contributed by atoms with Crippen molar-refractivity contribution >= 4 is 23.2 Å². The lowest BCUT2D eigenvalue weighted by atomic mass is 9.85. The summed E-state index contributed by atoms with van der Waals surface area (Å²) in [4.78, 5) is 29.2. The van der Waals surface area contributed by atoms with Crippen molar-refractivity contribution in [3.8, 4) is 0 Å². The number of aryl methyl sites for hydroxylation is 1. The average Bonchev–Trinajstić information content (AvgIpc) is 3.22. The van der Waals surface area contributed by atoms with Crippen LogP contribution < -0.4 is 5.32 Å². The normalized spacial score (nSPS) is 20.8. The Morgan fingerprint density at radius 1 is 1.29 bits per heavy atom. The molecule has 4 heterocycles. The molecule has 0 radical (unpaired) electrons. The predicted molar refractivity (Wildman–Crippen MR) is 107 cm³/mol. The SMILES string of the molecule is Cn1cccc1C(=O)N1CCC2(CC1)OCCc1cc(C(=O)NC3CC3)sc12. The zero-order chi connectivity index (χ0) is 19.3. The van der Waals surface area contributed by atoms with Gasteiger partial charge in [-0.1, -0.05) is 0 Å². The van der Waals surface area contributed by atoms with Crippen LogP contribution >= 0.6 is 11.3 Å². The highest BCUT2D eigenvalue weighted by Crippen LogP contribution is 2.45. The molecule has 3 aliphatic rings. The number of hydrogen-bond acceptors (Lipinski definition) is 4. The molecule has 28 heavy (non-hydrogen) atoms. The van der Waals surface area contributed by atoms with Crippen LogP contribution in [0.1, 0.15) is 56.3 Å². The molecule has 7 heteroatoms. The van der Waals surface area contributed by atoms with E-state index in [4.69, 9.17) is 4.74 Å². The van der Waals surface area contributed by atoms with E-state index >= 15 is 0 Å². The van der Waals surface area contributed by atoms with Crippen LogP contribution in [0.15, 0.2) is 24.4 Å². The van der Waals surface area contributed by atoms with Gasteiger partial charge in [-0.15, -0.1) is 11.3 Å². The molecule has 1 N–H and O–H groups in total. The van der Waals surface area contributed by atoms with E-state index in [1.165, 1.54) is 10.4 Å². The van der Waals surface area contributed by atoms with Crippen LogP contribution in [0.2, 0.25) is 0 Å². The van der Waals surface area contributed by atoms with Crippen LogP contribution in [-0.4, -0.2) is 47.0 Å². The van der Waals surface area contributed by atoms with Gasteiger partial charge < -0.3 is 19.5 Å². The lowest BCUT2D eigenvalue weighted by Gasteiger charge is -2.43. The highest BCUT2D eigenvalue weighted by atomic mass is 32.1. The van der Waals surface area contributed by atoms with Crippen LogP contribution in [-0.2, 0) is 23.8 Å². The van der Waals surface area contributed by atoms with Gasteiger partial charge >= 0.3 is 0 Å². The van der Waals surface area contributed by atoms with E-state index < -0.39 is 0 Å². The molecule has 5 rings (SSSR count). The Bertz CT molecular complexity index is 919. The van der Waals surface area contributed by atoms with Gasteiger partial charge in [-0.05, 0) is 55.9 Å². The Morgan fingerprint density at radius 3 is 2.75 bits per heavy atom. The Hall–Kier alpha value is -2.12. The summed E-state index contributed by atoms with van der Waals surface area (Å²) in [6.45, 7) is 2.02. The van der Waals surface area contributed by atoms with E-state index in [0.29, 0.717) is 25.7 Å². The first kappa shape index (κ1) is 17.9. The third-order valence-electron chi connectivity index (χ3n) is 6.13. The zero-order valence-corrected chi connectivity index (χ0v) is 16.9. The van der Waals surface area contributed by atoms with Gasteiger partial charge in [0.25, 0.3) is 11.8 Å². The summed E-state index contributed by atoms with van der Waals surface area (Å²) in [7, 11) is 1.90. The number of nitrogens with one attached hydrogen (secondary N) is 1. The van der Waals surface area contributed by atoms with Crippen molar-refractivity contribution in [2.45, 2.75) is 43.7 Å². The molecule has 0 atom stereocenters. The lowest BCUT2D eigenvalue weighted by molar-refractivity contribution is -0.0906. The minimum atomic E-state index is -0.346. The number of hydrogen-bond donors (Lipinski definition) is 1. The van der Waals surface area contributed by atoms with Crippen LogP contribution in [0, 0.1) is 0 Å². The summed E-state index contributed by atoms with van der Waals surface area (Å²) < 4.78 is 8.16. The maximum Gasteiger partial charge on any atom is 0.270 e. The summed E-state index contributed by atoms with van der Waals surface area (Å²) >= 11 is 1.58. The van der Waals surface area contributed by atoms with Crippen molar-refractivity contribution in [3.63, 3.8) is 0 Å². The minimum Gasteiger partial charge on any atom is -0.369 e. The number of nitrogens with zero attached hydrogens (tertiary/aromatic N) is 2. The van der Waals surface area contributed by atoms with E-state index in [9.17, 15) is 9.59 Å². The third kappa shape index (κ3) is 3.06. The Morgan fingerprint density at radius 2 is 2.07 bits per heavy atom. The highest BCUT2D eigenvalue weighted by Gasteiger charge is 2.44. The Labute approximate surface area is 168 Å². The fourth-order valence-electron chi connectivity index (χ4n) is 4.31. The van der Waals surface area contributed by atoms with Gasteiger partial charge in [0, 0.05) is 37.3 Å². The fourth-order valence-corrected chi connectivity index (χ4v) is 5.62. The summed E-state index contributed by atoms with van der Waals surface area (Å²) in [5.41, 5.74) is 1.62. The third-order valence-corrected chi connectivity index (χ3v) is 7.49. The first-order chi connectivity index (χ1) is 13.6. The van der Waals surface area contributed by atoms with Crippen LogP contribution in [0.3, 0.4) is 0 Å². The molecule has 0 unspecified atom stereocenters. The second kappa shape index (κ2) is 6.74. The molecule has 148 valence electrons. The van der Waals surface area contributed by atoms with Crippen molar-refractivity contribution in [2.24, 2.45) is 7.05 Å². The monoisotopic (exact) mass is 399 g/mol. The molecule has 6 nitrogen and oxygen atoms in total. The molecule has 2 aliphatic heterocycles.